The third-order valence-electron chi connectivity index (χ3n) is 2.87. The summed E-state index contributed by atoms with van der Waals surface area (Å²) in [5.41, 5.74) is 3.02. The van der Waals surface area contributed by atoms with Crippen LogP contribution >= 0.6 is 0 Å². The van der Waals surface area contributed by atoms with E-state index >= 15 is 0 Å². The minimum atomic E-state index is 0.0222. The van der Waals surface area contributed by atoms with Crippen LogP contribution in [0.4, 0.5) is 5.69 Å². The summed E-state index contributed by atoms with van der Waals surface area (Å²) in [7, 11) is 3.48. The zero-order valence-corrected chi connectivity index (χ0v) is 9.76. The lowest BCUT2D eigenvalue weighted by molar-refractivity contribution is -0.117. The lowest BCUT2D eigenvalue weighted by atomic mass is 9.95. The Morgan fingerprint density at radius 2 is 2.25 bits per heavy atom. The quantitative estimate of drug-likeness (QED) is 0.796. The van der Waals surface area contributed by atoms with Crippen molar-refractivity contribution in [3.8, 4) is 5.75 Å². The van der Waals surface area contributed by atoms with Gasteiger partial charge in [0.15, 0.2) is 0 Å². The zero-order valence-electron chi connectivity index (χ0n) is 9.76. The van der Waals surface area contributed by atoms with Crippen LogP contribution in [-0.2, 0) is 4.79 Å². The van der Waals surface area contributed by atoms with Crippen molar-refractivity contribution in [2.24, 2.45) is 0 Å². The predicted molar refractivity (Wildman–Crippen MR) is 62.8 cm³/mol. The molecule has 1 aromatic rings. The third kappa shape index (κ3) is 1.76. The fraction of sp³-hybridized carbons (Fsp3) is 0.417. The minimum Gasteiger partial charge on any atom is -0.495 e. The van der Waals surface area contributed by atoms with Gasteiger partial charge in [0.05, 0.1) is 12.8 Å². The van der Waals surface area contributed by atoms with Crippen LogP contribution in [0, 0.1) is 6.92 Å². The molecule has 0 saturated heterocycles. The molecule has 0 spiro atoms. The lowest BCUT2D eigenvalue weighted by Crippen LogP contribution is -2.29. The van der Waals surface area contributed by atoms with Gasteiger partial charge in [0, 0.05) is 12.5 Å². The fourth-order valence-corrected chi connectivity index (χ4v) is 2.09. The van der Waals surface area contributed by atoms with E-state index in [0.717, 1.165) is 22.6 Å². The van der Waals surface area contributed by atoms with Crippen molar-refractivity contribution in [2.75, 3.05) is 19.5 Å². The molecule has 1 heterocycles. The lowest BCUT2D eigenvalue weighted by Gasteiger charge is -2.27. The van der Waals surface area contributed by atoms with Gasteiger partial charge in [0.2, 0.25) is 5.91 Å². The summed E-state index contributed by atoms with van der Waals surface area (Å²) in [5.74, 6) is 0.748. The van der Waals surface area contributed by atoms with E-state index in [-0.39, 0.29) is 11.9 Å². The Bertz CT molecular complexity index is 429. The number of benzene rings is 1. The highest BCUT2D eigenvalue weighted by molar-refractivity contribution is 5.96. The summed E-state index contributed by atoms with van der Waals surface area (Å²) in [4.78, 5) is 11.5. The van der Waals surface area contributed by atoms with Crippen LogP contribution in [0.5, 0.6) is 5.75 Å². The van der Waals surface area contributed by atoms with E-state index in [1.54, 1.807) is 7.11 Å². The molecule has 0 aromatic heterocycles. The molecule has 1 unspecified atom stereocenters. The van der Waals surface area contributed by atoms with Gasteiger partial charge in [-0.25, -0.2) is 0 Å². The SMILES string of the molecule is CNC1CC(=O)Nc2c(OC)cc(C)cc21. The first-order valence-electron chi connectivity index (χ1n) is 5.31. The molecule has 1 atom stereocenters. The number of anilines is 1. The highest BCUT2D eigenvalue weighted by atomic mass is 16.5. The smallest absolute Gasteiger partial charge is 0.226 e. The summed E-state index contributed by atoms with van der Waals surface area (Å²) in [6, 6.07) is 4.08. The Hall–Kier alpha value is -1.55. The average Bonchev–Trinajstić information content (AvgIpc) is 2.27. The highest BCUT2D eigenvalue weighted by Gasteiger charge is 2.26. The van der Waals surface area contributed by atoms with Gasteiger partial charge < -0.3 is 15.4 Å². The summed E-state index contributed by atoms with van der Waals surface area (Å²) >= 11 is 0. The number of carbonyl (C=O) groups excluding carboxylic acids is 1. The van der Waals surface area contributed by atoms with Crippen LogP contribution in [0.15, 0.2) is 12.1 Å². The second-order valence-corrected chi connectivity index (χ2v) is 4.02. The summed E-state index contributed by atoms with van der Waals surface area (Å²) < 4.78 is 5.29. The van der Waals surface area contributed by atoms with E-state index in [0.29, 0.717) is 6.42 Å². The Morgan fingerprint density at radius 1 is 1.50 bits per heavy atom. The molecule has 1 aromatic carbocycles. The predicted octanol–water partition coefficient (Wildman–Crippen LogP) is 1.61. The molecule has 0 aliphatic carbocycles. The van der Waals surface area contributed by atoms with Crippen LogP contribution in [0.2, 0.25) is 0 Å². The Balaban J connectivity index is 2.56. The first kappa shape index (κ1) is 11.0. The standard InChI is InChI=1S/C12H16N2O2/c1-7-4-8-9(13-2)6-11(15)14-12(8)10(5-7)16-3/h4-5,9,13H,6H2,1-3H3,(H,14,15). The molecule has 16 heavy (non-hydrogen) atoms. The number of hydrogen-bond donors (Lipinski definition) is 2. The number of methoxy groups -OCH3 is 1. The van der Waals surface area contributed by atoms with E-state index in [4.69, 9.17) is 4.74 Å². The van der Waals surface area contributed by atoms with Gasteiger partial charge in [0.25, 0.3) is 0 Å². The van der Waals surface area contributed by atoms with Crippen molar-refractivity contribution < 1.29 is 9.53 Å². The Kier molecular flexibility index (Phi) is 2.83. The molecule has 2 rings (SSSR count). The van der Waals surface area contributed by atoms with Gasteiger partial charge in [-0.15, -0.1) is 0 Å². The van der Waals surface area contributed by atoms with Crippen LogP contribution in [0.3, 0.4) is 0 Å². The summed E-state index contributed by atoms with van der Waals surface area (Å²) in [5, 5.41) is 6.02. The van der Waals surface area contributed by atoms with Crippen LogP contribution in [0.1, 0.15) is 23.6 Å². The number of fused-ring (bicyclic) bond motifs is 1. The molecule has 1 aliphatic heterocycles. The fourth-order valence-electron chi connectivity index (χ4n) is 2.09. The molecular formula is C12H16N2O2. The molecule has 0 radical (unpaired) electrons. The number of amides is 1. The molecule has 2 N–H and O–H groups in total. The van der Waals surface area contributed by atoms with Gasteiger partial charge >= 0.3 is 0 Å². The second kappa shape index (κ2) is 4.14. The Morgan fingerprint density at radius 3 is 2.88 bits per heavy atom. The maximum atomic E-state index is 11.5. The van der Waals surface area contributed by atoms with E-state index in [2.05, 4.69) is 16.7 Å². The molecule has 86 valence electrons. The molecule has 0 saturated carbocycles. The van der Waals surface area contributed by atoms with Crippen LogP contribution < -0.4 is 15.4 Å². The largest absolute Gasteiger partial charge is 0.495 e. The monoisotopic (exact) mass is 220 g/mol. The first-order valence-corrected chi connectivity index (χ1v) is 5.31. The van der Waals surface area contributed by atoms with Gasteiger partial charge in [-0.2, -0.15) is 0 Å². The van der Waals surface area contributed by atoms with Gasteiger partial charge in [-0.3, -0.25) is 4.79 Å². The summed E-state index contributed by atoms with van der Waals surface area (Å²) in [6.07, 6.45) is 0.468. The van der Waals surface area contributed by atoms with Crippen molar-refractivity contribution in [1.29, 1.82) is 0 Å². The second-order valence-electron chi connectivity index (χ2n) is 4.02. The van der Waals surface area contributed by atoms with E-state index in [1.807, 2.05) is 20.0 Å². The molecule has 4 heteroatoms. The van der Waals surface area contributed by atoms with E-state index in [9.17, 15) is 4.79 Å². The number of hydrogen-bond acceptors (Lipinski definition) is 3. The van der Waals surface area contributed by atoms with Crippen molar-refractivity contribution in [2.45, 2.75) is 19.4 Å². The van der Waals surface area contributed by atoms with Crippen LogP contribution in [-0.4, -0.2) is 20.1 Å². The number of aryl methyl sites for hydroxylation is 1. The summed E-state index contributed by atoms with van der Waals surface area (Å²) in [6.45, 7) is 2.02. The maximum absolute atomic E-state index is 11.5. The van der Waals surface area contributed by atoms with Crippen molar-refractivity contribution >= 4 is 11.6 Å². The molecule has 0 bridgehead atoms. The van der Waals surface area contributed by atoms with Crippen molar-refractivity contribution in [3.63, 3.8) is 0 Å². The van der Waals surface area contributed by atoms with Gasteiger partial charge in [-0.1, -0.05) is 6.07 Å². The maximum Gasteiger partial charge on any atom is 0.226 e. The van der Waals surface area contributed by atoms with Gasteiger partial charge in [-0.05, 0) is 31.2 Å². The average molecular weight is 220 g/mol. The highest BCUT2D eigenvalue weighted by Crippen LogP contribution is 2.38. The topological polar surface area (TPSA) is 50.4 Å². The van der Waals surface area contributed by atoms with Crippen molar-refractivity contribution in [3.05, 3.63) is 23.3 Å². The Labute approximate surface area is 95.0 Å². The molecule has 1 amide bonds. The third-order valence-corrected chi connectivity index (χ3v) is 2.87. The normalized spacial score (nSPS) is 18.9. The zero-order chi connectivity index (χ0) is 11.7. The number of nitrogens with one attached hydrogen (secondary N) is 2. The molecule has 0 fully saturated rings. The molecule has 1 aliphatic rings. The van der Waals surface area contributed by atoms with E-state index in [1.165, 1.54) is 0 Å². The number of rotatable bonds is 2. The first-order chi connectivity index (χ1) is 7.65. The van der Waals surface area contributed by atoms with E-state index < -0.39 is 0 Å². The number of ether oxygens (including phenoxy) is 1. The number of carbonyl (C=O) groups is 1. The van der Waals surface area contributed by atoms with Crippen LogP contribution in [0.25, 0.3) is 0 Å². The minimum absolute atomic E-state index is 0.0222. The molecular weight excluding hydrogens is 204 g/mol. The molecule has 4 nitrogen and oxygen atoms in total. The van der Waals surface area contributed by atoms with Crippen molar-refractivity contribution in [1.82, 2.24) is 5.32 Å². The van der Waals surface area contributed by atoms with Gasteiger partial charge in [0.1, 0.15) is 5.75 Å².